The Hall–Kier alpha value is -1.49. The van der Waals surface area contributed by atoms with Gasteiger partial charge in [-0.15, -0.1) is 0 Å². The summed E-state index contributed by atoms with van der Waals surface area (Å²) in [5.41, 5.74) is 4.06. The van der Waals surface area contributed by atoms with E-state index in [-0.39, 0.29) is 11.7 Å². The van der Waals surface area contributed by atoms with Gasteiger partial charge in [0.15, 0.2) is 14.1 Å². The number of ether oxygens (including phenoxy) is 1. The summed E-state index contributed by atoms with van der Waals surface area (Å²) in [5.74, 6) is -0.305. The van der Waals surface area contributed by atoms with Crippen molar-refractivity contribution in [2.45, 2.75) is 24.5 Å². The van der Waals surface area contributed by atoms with E-state index in [9.17, 15) is 15.0 Å². The number of rotatable bonds is 2. The molecule has 0 spiro atoms. The van der Waals surface area contributed by atoms with Crippen LogP contribution >= 0.6 is 0 Å². The predicted molar refractivity (Wildman–Crippen MR) is 59.1 cm³/mol. The van der Waals surface area contributed by atoms with Crippen LogP contribution in [-0.4, -0.2) is 62.6 Å². The van der Waals surface area contributed by atoms with Gasteiger partial charge in [-0.05, 0) is 0 Å². The van der Waals surface area contributed by atoms with Crippen LogP contribution in [0.4, 0.5) is 5.95 Å². The number of hydrogen-bond acceptors (Lipinski definition) is 8. The van der Waals surface area contributed by atoms with Crippen molar-refractivity contribution in [2.75, 3.05) is 12.3 Å². The molecule has 5 N–H and O–H groups in total. The first-order valence-corrected chi connectivity index (χ1v) is 5.09. The number of aliphatic hydroxyl groups is 3. The Labute approximate surface area is 102 Å². The highest BCUT2D eigenvalue weighted by Crippen LogP contribution is 2.27. The lowest BCUT2D eigenvalue weighted by molar-refractivity contribution is -0.0537. The van der Waals surface area contributed by atoms with E-state index in [1.54, 1.807) is 0 Å². The molecule has 18 heavy (non-hydrogen) atoms. The van der Waals surface area contributed by atoms with Crippen molar-refractivity contribution in [1.82, 2.24) is 14.5 Å². The average Bonchev–Trinajstić information content (AvgIpc) is 2.56. The highest BCUT2D eigenvalue weighted by Gasteiger charge is 2.44. The molecule has 1 aliphatic heterocycles. The summed E-state index contributed by atoms with van der Waals surface area (Å²) in [5, 5.41) is 28.2. The zero-order valence-corrected chi connectivity index (χ0v) is 9.17. The van der Waals surface area contributed by atoms with Gasteiger partial charge in [0.05, 0.1) is 12.3 Å². The van der Waals surface area contributed by atoms with Gasteiger partial charge in [0.25, 0.3) is 0 Å². The largest absolute Gasteiger partial charge is 0.394 e. The van der Waals surface area contributed by atoms with Gasteiger partial charge in [0, 0.05) is 0 Å². The van der Waals surface area contributed by atoms with Crippen LogP contribution in [0.1, 0.15) is 6.23 Å². The van der Waals surface area contributed by atoms with E-state index in [0.29, 0.717) is 0 Å². The lowest BCUT2D eigenvalue weighted by Crippen LogP contribution is -2.44. The monoisotopic (exact) mass is 254 g/mol. The van der Waals surface area contributed by atoms with E-state index in [4.69, 9.17) is 23.4 Å². The van der Waals surface area contributed by atoms with Gasteiger partial charge in [-0.1, -0.05) is 0 Å². The Morgan fingerprint density at radius 2 is 2.06 bits per heavy atom. The molecule has 2 radical (unpaired) electrons. The maximum Gasteiger partial charge on any atom is 0.353 e. The molecule has 2 rings (SSSR count). The van der Waals surface area contributed by atoms with Crippen LogP contribution < -0.4 is 17.1 Å². The van der Waals surface area contributed by atoms with E-state index >= 15 is 0 Å². The number of anilines is 1. The van der Waals surface area contributed by atoms with Crippen molar-refractivity contribution < 1.29 is 20.1 Å². The third-order valence-corrected chi connectivity index (χ3v) is 2.66. The first-order valence-electron chi connectivity index (χ1n) is 5.09. The molecule has 96 valence electrons. The molecule has 9 nitrogen and oxygen atoms in total. The summed E-state index contributed by atoms with van der Waals surface area (Å²) in [4.78, 5) is 18.5. The topological polar surface area (TPSA) is 144 Å². The first kappa shape index (κ1) is 13.0. The van der Waals surface area contributed by atoms with Crippen molar-refractivity contribution in [2.24, 2.45) is 0 Å². The van der Waals surface area contributed by atoms with Crippen molar-refractivity contribution in [3.8, 4) is 0 Å². The molecular formula is C8H11BN4O5. The molecule has 1 fully saturated rings. The maximum absolute atomic E-state index is 11.6. The van der Waals surface area contributed by atoms with Gasteiger partial charge < -0.3 is 25.8 Å². The van der Waals surface area contributed by atoms with Crippen LogP contribution in [0, 0.1) is 0 Å². The second-order valence-corrected chi connectivity index (χ2v) is 3.82. The number of aromatic nitrogens is 3. The fourth-order valence-electron chi connectivity index (χ4n) is 1.78. The van der Waals surface area contributed by atoms with Crippen LogP contribution in [0.15, 0.2) is 4.79 Å². The fourth-order valence-corrected chi connectivity index (χ4v) is 1.78. The van der Waals surface area contributed by atoms with Crippen LogP contribution in [0.5, 0.6) is 0 Å². The van der Waals surface area contributed by atoms with Crippen LogP contribution in [-0.2, 0) is 4.74 Å². The van der Waals surface area contributed by atoms with Crippen molar-refractivity contribution in [3.63, 3.8) is 0 Å². The third-order valence-electron chi connectivity index (χ3n) is 2.66. The predicted octanol–water partition coefficient (Wildman–Crippen LogP) is -4.37. The second kappa shape index (κ2) is 4.65. The molecule has 0 saturated carbocycles. The van der Waals surface area contributed by atoms with Gasteiger partial charge in [-0.3, -0.25) is 4.57 Å². The Balaban J connectivity index is 2.42. The zero-order valence-electron chi connectivity index (χ0n) is 9.17. The van der Waals surface area contributed by atoms with E-state index in [0.717, 1.165) is 4.57 Å². The van der Waals surface area contributed by atoms with E-state index in [1.165, 1.54) is 0 Å². The molecular weight excluding hydrogens is 243 g/mol. The molecule has 1 aromatic rings. The van der Waals surface area contributed by atoms with Crippen LogP contribution in [0.3, 0.4) is 0 Å². The van der Waals surface area contributed by atoms with E-state index < -0.39 is 36.8 Å². The molecule has 2 heterocycles. The minimum absolute atomic E-state index is 0.303. The Morgan fingerprint density at radius 1 is 1.39 bits per heavy atom. The van der Waals surface area contributed by atoms with E-state index in [2.05, 4.69) is 9.97 Å². The lowest BCUT2D eigenvalue weighted by atomic mass is 10.1. The van der Waals surface area contributed by atoms with Crippen LogP contribution in [0.2, 0.25) is 0 Å². The maximum atomic E-state index is 11.6. The van der Waals surface area contributed by atoms with Gasteiger partial charge >= 0.3 is 5.69 Å². The van der Waals surface area contributed by atoms with Gasteiger partial charge in [0.2, 0.25) is 5.95 Å². The highest BCUT2D eigenvalue weighted by atomic mass is 16.6. The minimum atomic E-state index is -1.44. The summed E-state index contributed by atoms with van der Waals surface area (Å²) in [6.07, 6.45) is -5.07. The summed E-state index contributed by atoms with van der Waals surface area (Å²) >= 11 is 0. The smallest absolute Gasteiger partial charge is 0.353 e. The standard InChI is InChI=1S/C8H11BN4O5/c9-6-11-7(10)12-8(17)13(6)5-4(16)3(15)2(1-14)18-5/h2-5,14-16H,1H2,(H2,10,12,17). The normalized spacial score (nSPS) is 31.7. The first-order chi connectivity index (χ1) is 8.45. The van der Waals surface area contributed by atoms with Gasteiger partial charge in [-0.25, -0.2) is 9.78 Å². The molecule has 1 saturated heterocycles. The molecule has 0 bridgehead atoms. The van der Waals surface area contributed by atoms with Gasteiger partial charge in [-0.2, -0.15) is 4.98 Å². The minimum Gasteiger partial charge on any atom is -0.394 e. The molecule has 1 aliphatic rings. The number of hydrogen-bond donors (Lipinski definition) is 4. The SMILES string of the molecule is [B]c1nc(N)nc(=O)n1C1OC(CO)C(O)C1O. The summed E-state index contributed by atoms with van der Waals surface area (Å²) in [6, 6.07) is 0. The highest BCUT2D eigenvalue weighted by molar-refractivity contribution is 6.29. The van der Waals surface area contributed by atoms with Gasteiger partial charge in [0.1, 0.15) is 18.3 Å². The Bertz CT molecular complexity index is 509. The summed E-state index contributed by atoms with van der Waals surface area (Å²) in [7, 11) is 5.49. The quantitative estimate of drug-likeness (QED) is 0.387. The second-order valence-electron chi connectivity index (χ2n) is 3.82. The fraction of sp³-hybridized carbons (Fsp3) is 0.625. The van der Waals surface area contributed by atoms with Crippen molar-refractivity contribution >= 4 is 19.5 Å². The van der Waals surface area contributed by atoms with E-state index in [1.807, 2.05) is 0 Å². The summed E-state index contributed by atoms with van der Waals surface area (Å²) < 4.78 is 5.90. The molecule has 0 aromatic carbocycles. The molecule has 4 atom stereocenters. The molecule has 0 aliphatic carbocycles. The Morgan fingerprint density at radius 3 is 2.56 bits per heavy atom. The zero-order chi connectivity index (χ0) is 13.4. The molecule has 10 heteroatoms. The summed E-state index contributed by atoms with van der Waals surface area (Å²) in [6.45, 7) is -0.515. The molecule has 4 unspecified atom stereocenters. The number of aliphatic hydroxyl groups excluding tert-OH is 3. The lowest BCUT2D eigenvalue weighted by Gasteiger charge is -2.19. The molecule has 0 amide bonds. The van der Waals surface area contributed by atoms with Crippen molar-refractivity contribution in [1.29, 1.82) is 0 Å². The number of nitrogens with two attached hydrogens (primary N) is 1. The number of nitrogens with zero attached hydrogens (tertiary/aromatic N) is 3. The Kier molecular flexibility index (Phi) is 3.35. The third kappa shape index (κ3) is 1.99. The number of nitrogen functional groups attached to an aromatic ring is 1. The average molecular weight is 254 g/mol. The molecule has 1 aromatic heterocycles. The van der Waals surface area contributed by atoms with Crippen LogP contribution in [0.25, 0.3) is 0 Å². The van der Waals surface area contributed by atoms with Crippen molar-refractivity contribution in [3.05, 3.63) is 10.5 Å².